The second kappa shape index (κ2) is 3.74. The van der Waals surface area contributed by atoms with Gasteiger partial charge in [-0.1, -0.05) is 18.2 Å². The van der Waals surface area contributed by atoms with Crippen LogP contribution in [0.25, 0.3) is 22.0 Å². The van der Waals surface area contributed by atoms with Crippen LogP contribution in [0.5, 0.6) is 0 Å². The van der Waals surface area contributed by atoms with Gasteiger partial charge in [0.05, 0.1) is 0 Å². The summed E-state index contributed by atoms with van der Waals surface area (Å²) in [5.74, 6) is -0.200. The first-order chi connectivity index (χ1) is 8.24. The van der Waals surface area contributed by atoms with E-state index in [1.165, 1.54) is 23.0 Å². The van der Waals surface area contributed by atoms with E-state index in [2.05, 4.69) is 28.8 Å². The van der Waals surface area contributed by atoms with Gasteiger partial charge in [-0.25, -0.2) is 4.39 Å². The molecule has 0 saturated heterocycles. The summed E-state index contributed by atoms with van der Waals surface area (Å²) in [6.45, 7) is 0. The zero-order valence-electron chi connectivity index (χ0n) is 9.52. The largest absolute Gasteiger partial charge is 0.351 e. The second-order valence-corrected chi connectivity index (χ2v) is 4.21. The minimum absolute atomic E-state index is 0.200. The molecule has 0 saturated carbocycles. The number of rotatable bonds is 1. The van der Waals surface area contributed by atoms with Crippen LogP contribution in [0.1, 0.15) is 0 Å². The number of benzene rings is 2. The van der Waals surface area contributed by atoms with Crippen LogP contribution in [0.3, 0.4) is 0 Å². The number of hydrogen-bond donors (Lipinski definition) is 0. The molecule has 17 heavy (non-hydrogen) atoms. The molecular weight excluding hydrogens is 213 g/mol. The monoisotopic (exact) mass is 225 g/mol. The number of aromatic nitrogens is 1. The molecule has 0 aliphatic heterocycles. The van der Waals surface area contributed by atoms with Crippen LogP contribution in [0.4, 0.5) is 4.39 Å². The third-order valence-electron chi connectivity index (χ3n) is 3.06. The first-order valence-corrected chi connectivity index (χ1v) is 5.55. The predicted molar refractivity (Wildman–Crippen MR) is 68.3 cm³/mol. The van der Waals surface area contributed by atoms with Gasteiger partial charge >= 0.3 is 0 Å². The quantitative estimate of drug-likeness (QED) is 0.590. The van der Waals surface area contributed by atoms with Gasteiger partial charge < -0.3 is 4.57 Å². The standard InChI is InChI=1S/C15H12FN/c1-17-9-8-13-10-12(4-7-15(13)17)11-2-5-14(16)6-3-11/h2-10H,1H3. The zero-order valence-corrected chi connectivity index (χ0v) is 9.52. The lowest BCUT2D eigenvalue weighted by molar-refractivity contribution is 0.628. The van der Waals surface area contributed by atoms with Gasteiger partial charge in [0.1, 0.15) is 5.82 Å². The average molecular weight is 225 g/mol. The van der Waals surface area contributed by atoms with Crippen molar-refractivity contribution in [1.82, 2.24) is 4.57 Å². The molecule has 0 spiro atoms. The summed E-state index contributed by atoms with van der Waals surface area (Å²) < 4.78 is 14.9. The zero-order chi connectivity index (χ0) is 11.8. The SMILES string of the molecule is Cn1ccc2cc(-c3ccc(F)cc3)ccc21. The van der Waals surface area contributed by atoms with E-state index in [0.29, 0.717) is 0 Å². The number of hydrogen-bond acceptors (Lipinski definition) is 0. The fourth-order valence-corrected chi connectivity index (χ4v) is 2.10. The van der Waals surface area contributed by atoms with Gasteiger partial charge in [-0.05, 0) is 41.5 Å². The molecule has 1 nitrogen and oxygen atoms in total. The van der Waals surface area contributed by atoms with Crippen molar-refractivity contribution in [3.05, 3.63) is 60.5 Å². The number of aryl methyl sites for hydroxylation is 1. The molecule has 3 aromatic rings. The Bertz CT molecular complexity index is 665. The summed E-state index contributed by atoms with van der Waals surface area (Å²) in [4.78, 5) is 0. The predicted octanol–water partition coefficient (Wildman–Crippen LogP) is 3.98. The Labute approximate surface area is 99.1 Å². The normalized spacial score (nSPS) is 10.9. The van der Waals surface area contributed by atoms with Crippen LogP contribution in [0.15, 0.2) is 54.7 Å². The van der Waals surface area contributed by atoms with Crippen molar-refractivity contribution in [2.24, 2.45) is 7.05 Å². The summed E-state index contributed by atoms with van der Waals surface area (Å²) >= 11 is 0. The van der Waals surface area contributed by atoms with Gasteiger partial charge in [-0.3, -0.25) is 0 Å². The molecule has 0 aliphatic carbocycles. The van der Waals surface area contributed by atoms with Crippen molar-refractivity contribution in [2.75, 3.05) is 0 Å². The van der Waals surface area contributed by atoms with E-state index < -0.39 is 0 Å². The van der Waals surface area contributed by atoms with E-state index in [1.54, 1.807) is 12.1 Å². The summed E-state index contributed by atoms with van der Waals surface area (Å²) in [6, 6.07) is 15.0. The molecule has 0 atom stereocenters. The summed E-state index contributed by atoms with van der Waals surface area (Å²) in [7, 11) is 2.03. The van der Waals surface area contributed by atoms with E-state index in [9.17, 15) is 4.39 Å². The van der Waals surface area contributed by atoms with Crippen molar-refractivity contribution in [3.8, 4) is 11.1 Å². The summed E-state index contributed by atoms with van der Waals surface area (Å²) in [5.41, 5.74) is 3.36. The highest BCUT2D eigenvalue weighted by molar-refractivity contribution is 5.85. The Morgan fingerprint density at radius 3 is 2.35 bits per heavy atom. The Morgan fingerprint density at radius 1 is 0.882 bits per heavy atom. The third-order valence-corrected chi connectivity index (χ3v) is 3.06. The summed E-state index contributed by atoms with van der Waals surface area (Å²) in [6.07, 6.45) is 2.04. The van der Waals surface area contributed by atoms with Gasteiger partial charge in [0, 0.05) is 24.1 Å². The van der Waals surface area contributed by atoms with Crippen molar-refractivity contribution >= 4 is 10.9 Å². The maximum absolute atomic E-state index is 12.9. The Balaban J connectivity index is 2.14. The molecule has 84 valence electrons. The molecule has 0 fully saturated rings. The highest BCUT2D eigenvalue weighted by Gasteiger charge is 2.02. The lowest BCUT2D eigenvalue weighted by Gasteiger charge is -2.03. The molecule has 0 aliphatic rings. The number of nitrogens with zero attached hydrogens (tertiary/aromatic N) is 1. The van der Waals surface area contributed by atoms with Crippen LogP contribution in [-0.2, 0) is 7.05 Å². The maximum Gasteiger partial charge on any atom is 0.123 e. The first-order valence-electron chi connectivity index (χ1n) is 5.55. The van der Waals surface area contributed by atoms with Gasteiger partial charge in [0.25, 0.3) is 0 Å². The van der Waals surface area contributed by atoms with Gasteiger partial charge in [-0.15, -0.1) is 0 Å². The third kappa shape index (κ3) is 1.72. The van der Waals surface area contributed by atoms with Crippen LogP contribution in [0, 0.1) is 5.82 Å². The maximum atomic E-state index is 12.9. The minimum atomic E-state index is -0.200. The van der Waals surface area contributed by atoms with E-state index >= 15 is 0 Å². The second-order valence-electron chi connectivity index (χ2n) is 4.21. The lowest BCUT2D eigenvalue weighted by Crippen LogP contribution is -1.84. The molecule has 1 heterocycles. The van der Waals surface area contributed by atoms with Crippen molar-refractivity contribution in [3.63, 3.8) is 0 Å². The Morgan fingerprint density at radius 2 is 1.59 bits per heavy atom. The Kier molecular flexibility index (Phi) is 2.22. The minimum Gasteiger partial charge on any atom is -0.351 e. The Hall–Kier alpha value is -2.09. The molecule has 0 amide bonds. The number of halogens is 1. The molecule has 1 aromatic heterocycles. The van der Waals surface area contributed by atoms with E-state index in [1.807, 2.05) is 13.2 Å². The first kappa shape index (κ1) is 10.1. The van der Waals surface area contributed by atoms with E-state index in [0.717, 1.165) is 11.1 Å². The highest BCUT2D eigenvalue weighted by atomic mass is 19.1. The van der Waals surface area contributed by atoms with Crippen LogP contribution in [-0.4, -0.2) is 4.57 Å². The summed E-state index contributed by atoms with van der Waals surface area (Å²) in [5, 5.41) is 1.20. The lowest BCUT2D eigenvalue weighted by atomic mass is 10.0. The van der Waals surface area contributed by atoms with Crippen LogP contribution < -0.4 is 0 Å². The van der Waals surface area contributed by atoms with E-state index in [-0.39, 0.29) is 5.82 Å². The van der Waals surface area contributed by atoms with Crippen molar-refractivity contribution in [2.45, 2.75) is 0 Å². The van der Waals surface area contributed by atoms with Crippen molar-refractivity contribution in [1.29, 1.82) is 0 Å². The molecule has 0 radical (unpaired) electrons. The highest BCUT2D eigenvalue weighted by Crippen LogP contribution is 2.24. The fourth-order valence-electron chi connectivity index (χ4n) is 2.10. The molecule has 0 bridgehead atoms. The van der Waals surface area contributed by atoms with Crippen LogP contribution in [0.2, 0.25) is 0 Å². The topological polar surface area (TPSA) is 4.93 Å². The van der Waals surface area contributed by atoms with Crippen molar-refractivity contribution < 1.29 is 4.39 Å². The molecular formula is C15H12FN. The molecule has 2 heteroatoms. The molecule has 0 unspecified atom stereocenters. The average Bonchev–Trinajstić information content (AvgIpc) is 2.72. The van der Waals surface area contributed by atoms with E-state index in [4.69, 9.17) is 0 Å². The van der Waals surface area contributed by atoms with Gasteiger partial charge in [-0.2, -0.15) is 0 Å². The number of fused-ring (bicyclic) bond motifs is 1. The smallest absolute Gasteiger partial charge is 0.123 e. The molecule has 0 N–H and O–H groups in total. The van der Waals surface area contributed by atoms with Gasteiger partial charge in [0.2, 0.25) is 0 Å². The van der Waals surface area contributed by atoms with Gasteiger partial charge in [0.15, 0.2) is 0 Å². The molecule has 2 aromatic carbocycles. The molecule has 3 rings (SSSR count). The fraction of sp³-hybridized carbons (Fsp3) is 0.0667. The van der Waals surface area contributed by atoms with Crippen LogP contribution >= 0.6 is 0 Å².